The van der Waals surface area contributed by atoms with E-state index in [4.69, 9.17) is 27.9 Å². The summed E-state index contributed by atoms with van der Waals surface area (Å²) in [6, 6.07) is 18.4. The molecule has 0 amide bonds. The maximum atomic E-state index is 12.3. The molecular weight excluding hydrogens is 463 g/mol. The summed E-state index contributed by atoms with van der Waals surface area (Å²) in [5, 5.41) is 0.993. The van der Waals surface area contributed by atoms with E-state index in [0.717, 1.165) is 0 Å². The minimum atomic E-state index is -0.483. The molecule has 0 bridgehead atoms. The van der Waals surface area contributed by atoms with Crippen molar-refractivity contribution in [3.05, 3.63) is 104 Å². The normalized spacial score (nSPS) is 10.8. The van der Waals surface area contributed by atoms with Gasteiger partial charge in [-0.05, 0) is 82.2 Å². The van der Waals surface area contributed by atoms with Crippen molar-refractivity contribution in [3.8, 4) is 5.75 Å². The molecule has 0 unspecified atom stereocenters. The number of allylic oxidation sites excluding steroid dienone is 1. The molecule has 28 heavy (non-hydrogen) atoms. The topological polar surface area (TPSA) is 43.4 Å². The lowest BCUT2D eigenvalue weighted by Crippen LogP contribution is -2.09. The molecule has 0 radical (unpaired) electrons. The number of ketones is 1. The largest absolute Gasteiger partial charge is 0.423 e. The van der Waals surface area contributed by atoms with Gasteiger partial charge in [0.25, 0.3) is 0 Å². The van der Waals surface area contributed by atoms with Gasteiger partial charge in [-0.1, -0.05) is 41.4 Å². The maximum Gasteiger partial charge on any atom is 0.344 e. The summed E-state index contributed by atoms with van der Waals surface area (Å²) in [4.78, 5) is 24.5. The molecule has 0 aliphatic carbocycles. The molecule has 3 aromatic rings. The summed E-state index contributed by atoms with van der Waals surface area (Å²) in [6.07, 6.45) is 3.05. The van der Waals surface area contributed by atoms with Gasteiger partial charge in [-0.25, -0.2) is 4.79 Å². The van der Waals surface area contributed by atoms with Gasteiger partial charge in [0.1, 0.15) is 5.75 Å². The Morgan fingerprint density at radius 3 is 2.32 bits per heavy atom. The zero-order valence-electron chi connectivity index (χ0n) is 14.4. The molecule has 3 rings (SSSR count). The van der Waals surface area contributed by atoms with Crippen LogP contribution in [0.2, 0.25) is 10.0 Å². The van der Waals surface area contributed by atoms with Crippen LogP contribution in [0.4, 0.5) is 0 Å². The predicted molar refractivity (Wildman–Crippen MR) is 115 cm³/mol. The van der Waals surface area contributed by atoms with E-state index in [0.29, 0.717) is 37.0 Å². The number of carbonyl (C=O) groups excluding carboxylic acids is 2. The molecular formula is C22H13BrCl2O3. The van der Waals surface area contributed by atoms with E-state index in [1.807, 2.05) is 6.07 Å². The van der Waals surface area contributed by atoms with Gasteiger partial charge in [0.05, 0.1) is 5.56 Å². The van der Waals surface area contributed by atoms with Crippen LogP contribution in [0.1, 0.15) is 26.3 Å². The van der Waals surface area contributed by atoms with Crippen LogP contribution in [0.25, 0.3) is 6.08 Å². The Balaban J connectivity index is 1.68. The number of hydrogen-bond acceptors (Lipinski definition) is 3. The summed E-state index contributed by atoms with van der Waals surface area (Å²) in [5.74, 6) is -0.333. The second kappa shape index (κ2) is 9.20. The Labute approximate surface area is 180 Å². The number of rotatable bonds is 5. The van der Waals surface area contributed by atoms with Gasteiger partial charge in [0.2, 0.25) is 0 Å². The number of ether oxygens (including phenoxy) is 1. The van der Waals surface area contributed by atoms with Gasteiger partial charge in [-0.15, -0.1) is 0 Å². The third-order valence-electron chi connectivity index (χ3n) is 3.82. The minimum absolute atomic E-state index is 0.199. The van der Waals surface area contributed by atoms with Crippen LogP contribution < -0.4 is 4.74 Å². The first-order valence-electron chi connectivity index (χ1n) is 8.18. The number of carbonyl (C=O) groups is 2. The Morgan fingerprint density at radius 2 is 1.64 bits per heavy atom. The zero-order valence-corrected chi connectivity index (χ0v) is 17.5. The van der Waals surface area contributed by atoms with E-state index >= 15 is 0 Å². The molecule has 140 valence electrons. The Kier molecular flexibility index (Phi) is 6.68. The Bertz CT molecular complexity index is 1060. The molecule has 0 heterocycles. The van der Waals surface area contributed by atoms with Crippen molar-refractivity contribution in [2.45, 2.75) is 0 Å². The molecule has 0 saturated heterocycles. The van der Waals surface area contributed by atoms with E-state index in [2.05, 4.69) is 15.9 Å². The molecule has 6 heteroatoms. The molecule has 0 N–H and O–H groups in total. The van der Waals surface area contributed by atoms with Gasteiger partial charge in [0, 0.05) is 20.1 Å². The molecule has 0 fully saturated rings. The van der Waals surface area contributed by atoms with E-state index in [9.17, 15) is 9.59 Å². The summed E-state index contributed by atoms with van der Waals surface area (Å²) in [7, 11) is 0. The summed E-state index contributed by atoms with van der Waals surface area (Å²) >= 11 is 15.3. The van der Waals surface area contributed by atoms with Crippen LogP contribution in [0, 0.1) is 0 Å². The fraction of sp³-hybridized carbons (Fsp3) is 0. The minimum Gasteiger partial charge on any atom is -0.423 e. The standard InChI is InChI=1S/C22H13BrCl2O3/c23-19-4-2-1-3-18(19)22(27)28-17-10-6-15(7-11-17)21(26)12-8-14-5-9-16(24)13-20(14)25/h1-13H. The second-order valence-electron chi connectivity index (χ2n) is 5.76. The van der Waals surface area contributed by atoms with Crippen molar-refractivity contribution in [2.75, 3.05) is 0 Å². The smallest absolute Gasteiger partial charge is 0.344 e. The van der Waals surface area contributed by atoms with Crippen molar-refractivity contribution in [1.82, 2.24) is 0 Å². The summed E-state index contributed by atoms with van der Waals surface area (Å²) in [5.41, 5.74) is 1.57. The first kappa shape index (κ1) is 20.3. The van der Waals surface area contributed by atoms with Gasteiger partial charge < -0.3 is 4.74 Å². The molecule has 0 aliphatic rings. The second-order valence-corrected chi connectivity index (χ2v) is 7.46. The van der Waals surface area contributed by atoms with Gasteiger partial charge in [-0.3, -0.25) is 4.79 Å². The van der Waals surface area contributed by atoms with Crippen LogP contribution in [-0.2, 0) is 0 Å². The molecule has 0 aromatic heterocycles. The van der Waals surface area contributed by atoms with Crippen LogP contribution in [-0.4, -0.2) is 11.8 Å². The monoisotopic (exact) mass is 474 g/mol. The van der Waals surface area contributed by atoms with Gasteiger partial charge in [-0.2, -0.15) is 0 Å². The highest BCUT2D eigenvalue weighted by atomic mass is 79.9. The Hall–Kier alpha value is -2.40. The van der Waals surface area contributed by atoms with Crippen LogP contribution in [0.15, 0.2) is 77.3 Å². The van der Waals surface area contributed by atoms with Crippen molar-refractivity contribution in [3.63, 3.8) is 0 Å². The van der Waals surface area contributed by atoms with Crippen molar-refractivity contribution in [1.29, 1.82) is 0 Å². The zero-order chi connectivity index (χ0) is 20.1. The number of hydrogen-bond donors (Lipinski definition) is 0. The third-order valence-corrected chi connectivity index (χ3v) is 5.07. The number of benzene rings is 3. The third kappa shape index (κ3) is 5.10. The number of halogens is 3. The lowest BCUT2D eigenvalue weighted by molar-refractivity contribution is 0.0733. The average Bonchev–Trinajstić information content (AvgIpc) is 2.68. The number of esters is 1. The SMILES string of the molecule is O=C(C=Cc1ccc(Cl)cc1Cl)c1ccc(OC(=O)c2ccccc2Br)cc1. The van der Waals surface area contributed by atoms with Gasteiger partial charge in [0.15, 0.2) is 5.78 Å². The molecule has 0 spiro atoms. The molecule has 3 aromatic carbocycles. The molecule has 3 nitrogen and oxygen atoms in total. The fourth-order valence-electron chi connectivity index (χ4n) is 2.37. The summed E-state index contributed by atoms with van der Waals surface area (Å²) < 4.78 is 5.99. The van der Waals surface area contributed by atoms with Gasteiger partial charge >= 0.3 is 5.97 Å². The lowest BCUT2D eigenvalue weighted by atomic mass is 10.1. The van der Waals surface area contributed by atoms with E-state index in [1.165, 1.54) is 6.08 Å². The fourth-order valence-corrected chi connectivity index (χ4v) is 3.29. The van der Waals surface area contributed by atoms with E-state index in [-0.39, 0.29) is 5.78 Å². The van der Waals surface area contributed by atoms with E-state index in [1.54, 1.807) is 66.7 Å². The highest BCUT2D eigenvalue weighted by molar-refractivity contribution is 9.10. The van der Waals surface area contributed by atoms with Crippen LogP contribution in [0.5, 0.6) is 5.75 Å². The first-order chi connectivity index (χ1) is 13.4. The molecule has 0 aliphatic heterocycles. The highest BCUT2D eigenvalue weighted by Crippen LogP contribution is 2.23. The first-order valence-corrected chi connectivity index (χ1v) is 9.73. The maximum absolute atomic E-state index is 12.3. The van der Waals surface area contributed by atoms with Crippen LogP contribution in [0.3, 0.4) is 0 Å². The summed E-state index contributed by atoms with van der Waals surface area (Å²) in [6.45, 7) is 0. The van der Waals surface area contributed by atoms with Crippen LogP contribution >= 0.6 is 39.1 Å². The molecule has 0 atom stereocenters. The Morgan fingerprint density at radius 1 is 0.929 bits per heavy atom. The van der Waals surface area contributed by atoms with E-state index < -0.39 is 5.97 Å². The average molecular weight is 476 g/mol. The lowest BCUT2D eigenvalue weighted by Gasteiger charge is -2.06. The quantitative estimate of drug-likeness (QED) is 0.175. The predicted octanol–water partition coefficient (Wildman–Crippen LogP) is 6.87. The molecule has 0 saturated carbocycles. The van der Waals surface area contributed by atoms with Crippen molar-refractivity contribution < 1.29 is 14.3 Å². The van der Waals surface area contributed by atoms with Crippen molar-refractivity contribution >= 4 is 57.0 Å². The highest BCUT2D eigenvalue weighted by Gasteiger charge is 2.12. The van der Waals surface area contributed by atoms with Crippen molar-refractivity contribution in [2.24, 2.45) is 0 Å².